The fraction of sp³-hybridized carbons (Fsp3) is 0.600. The SMILES string of the molecule is OC1(CNCc2ccc(Br)s2)CCC1. The van der Waals surface area contributed by atoms with Crippen molar-refractivity contribution in [3.63, 3.8) is 0 Å². The molecule has 0 aromatic carbocycles. The first-order valence-corrected chi connectivity index (χ1v) is 6.46. The molecule has 1 saturated carbocycles. The van der Waals surface area contributed by atoms with Crippen LogP contribution >= 0.6 is 27.3 Å². The smallest absolute Gasteiger partial charge is 0.0771 e. The molecule has 2 N–H and O–H groups in total. The Balaban J connectivity index is 1.72. The summed E-state index contributed by atoms with van der Waals surface area (Å²) in [6.45, 7) is 1.58. The maximum Gasteiger partial charge on any atom is 0.0771 e. The van der Waals surface area contributed by atoms with Crippen LogP contribution in [-0.4, -0.2) is 17.3 Å². The molecule has 1 aromatic heterocycles. The number of hydrogen-bond donors (Lipinski definition) is 2. The van der Waals surface area contributed by atoms with Gasteiger partial charge in [-0.15, -0.1) is 11.3 Å². The van der Waals surface area contributed by atoms with Gasteiger partial charge in [0.25, 0.3) is 0 Å². The van der Waals surface area contributed by atoms with Gasteiger partial charge in [-0.25, -0.2) is 0 Å². The second kappa shape index (κ2) is 4.31. The molecule has 2 nitrogen and oxygen atoms in total. The van der Waals surface area contributed by atoms with Gasteiger partial charge in [0.1, 0.15) is 0 Å². The third kappa shape index (κ3) is 2.57. The maximum absolute atomic E-state index is 9.82. The molecule has 0 radical (unpaired) electrons. The summed E-state index contributed by atoms with van der Waals surface area (Å²) in [6.07, 6.45) is 3.07. The molecule has 0 atom stereocenters. The molecule has 1 fully saturated rings. The quantitative estimate of drug-likeness (QED) is 0.885. The largest absolute Gasteiger partial charge is 0.389 e. The van der Waals surface area contributed by atoms with Crippen molar-refractivity contribution in [3.8, 4) is 0 Å². The van der Waals surface area contributed by atoms with Crippen LogP contribution in [0.1, 0.15) is 24.1 Å². The van der Waals surface area contributed by atoms with Crippen LogP contribution in [0.15, 0.2) is 15.9 Å². The Morgan fingerprint density at radius 3 is 2.79 bits per heavy atom. The molecule has 0 unspecified atom stereocenters. The highest BCUT2D eigenvalue weighted by molar-refractivity contribution is 9.11. The lowest BCUT2D eigenvalue weighted by Gasteiger charge is -2.36. The lowest BCUT2D eigenvalue weighted by Crippen LogP contribution is -2.45. The molecule has 0 aliphatic heterocycles. The number of halogens is 1. The highest BCUT2D eigenvalue weighted by atomic mass is 79.9. The van der Waals surface area contributed by atoms with Crippen LogP contribution in [0.5, 0.6) is 0 Å². The Morgan fingerprint density at radius 2 is 2.29 bits per heavy atom. The molecule has 1 aromatic rings. The Bertz CT molecular complexity index is 309. The second-order valence-corrected chi connectivity index (χ2v) is 6.43. The van der Waals surface area contributed by atoms with Crippen LogP contribution in [0, 0.1) is 0 Å². The van der Waals surface area contributed by atoms with E-state index < -0.39 is 5.60 Å². The van der Waals surface area contributed by atoms with E-state index in [0.29, 0.717) is 0 Å². The van der Waals surface area contributed by atoms with E-state index in [4.69, 9.17) is 0 Å². The van der Waals surface area contributed by atoms with Crippen molar-refractivity contribution in [2.24, 2.45) is 0 Å². The Morgan fingerprint density at radius 1 is 1.50 bits per heavy atom. The van der Waals surface area contributed by atoms with Gasteiger partial charge in [0.15, 0.2) is 0 Å². The summed E-state index contributed by atoms with van der Waals surface area (Å²) >= 11 is 5.17. The van der Waals surface area contributed by atoms with E-state index in [-0.39, 0.29) is 0 Å². The fourth-order valence-corrected chi connectivity index (χ4v) is 3.08. The van der Waals surface area contributed by atoms with Gasteiger partial charge in [0.05, 0.1) is 9.39 Å². The number of hydrogen-bond acceptors (Lipinski definition) is 3. The lowest BCUT2D eigenvalue weighted by atomic mass is 9.80. The molecule has 14 heavy (non-hydrogen) atoms. The molecule has 2 rings (SSSR count). The summed E-state index contributed by atoms with van der Waals surface area (Å²) in [5, 5.41) is 13.1. The van der Waals surface area contributed by atoms with E-state index in [1.54, 1.807) is 11.3 Å². The molecule has 1 heterocycles. The third-order valence-electron chi connectivity index (χ3n) is 2.67. The van der Waals surface area contributed by atoms with Gasteiger partial charge in [-0.2, -0.15) is 0 Å². The minimum absolute atomic E-state index is 0.408. The fourth-order valence-electron chi connectivity index (χ4n) is 1.63. The Hall–Kier alpha value is 0.1000. The number of aliphatic hydroxyl groups is 1. The number of thiophene rings is 1. The van der Waals surface area contributed by atoms with Crippen molar-refractivity contribution in [2.45, 2.75) is 31.4 Å². The van der Waals surface area contributed by atoms with Crippen LogP contribution in [0.25, 0.3) is 0 Å². The van der Waals surface area contributed by atoms with Crippen LogP contribution in [-0.2, 0) is 6.54 Å². The summed E-state index contributed by atoms with van der Waals surface area (Å²) in [6, 6.07) is 4.16. The zero-order valence-corrected chi connectivity index (χ0v) is 10.3. The van der Waals surface area contributed by atoms with E-state index in [1.807, 2.05) is 0 Å². The molecule has 78 valence electrons. The normalized spacial score (nSPS) is 19.3. The average molecular weight is 276 g/mol. The van der Waals surface area contributed by atoms with Crippen molar-refractivity contribution in [3.05, 3.63) is 20.8 Å². The minimum atomic E-state index is -0.408. The monoisotopic (exact) mass is 275 g/mol. The van der Waals surface area contributed by atoms with Gasteiger partial charge in [0, 0.05) is 18.0 Å². The van der Waals surface area contributed by atoms with Gasteiger partial charge in [-0.05, 0) is 47.3 Å². The van der Waals surface area contributed by atoms with Crippen LogP contribution in [0.4, 0.5) is 0 Å². The molecule has 1 aliphatic rings. The second-order valence-electron chi connectivity index (χ2n) is 3.89. The van der Waals surface area contributed by atoms with E-state index in [2.05, 4.69) is 33.4 Å². The molecule has 0 saturated heterocycles. The van der Waals surface area contributed by atoms with Crippen molar-refractivity contribution in [2.75, 3.05) is 6.54 Å². The first-order valence-electron chi connectivity index (χ1n) is 4.85. The summed E-state index contributed by atoms with van der Waals surface area (Å²) < 4.78 is 1.16. The summed E-state index contributed by atoms with van der Waals surface area (Å²) in [4.78, 5) is 1.31. The predicted molar refractivity (Wildman–Crippen MR) is 62.5 cm³/mol. The van der Waals surface area contributed by atoms with Gasteiger partial charge >= 0.3 is 0 Å². The standard InChI is InChI=1S/C10H14BrNOS/c11-9-3-2-8(14-9)6-12-7-10(13)4-1-5-10/h2-3,12-13H,1,4-7H2. The third-order valence-corrected chi connectivity index (χ3v) is 4.29. The van der Waals surface area contributed by atoms with E-state index in [1.165, 1.54) is 11.3 Å². The van der Waals surface area contributed by atoms with Crippen molar-refractivity contribution < 1.29 is 5.11 Å². The molecule has 0 bridgehead atoms. The zero-order valence-electron chi connectivity index (χ0n) is 7.92. The minimum Gasteiger partial charge on any atom is -0.389 e. The molecule has 1 aliphatic carbocycles. The van der Waals surface area contributed by atoms with Crippen LogP contribution in [0.3, 0.4) is 0 Å². The summed E-state index contributed by atoms with van der Waals surface area (Å²) in [5.74, 6) is 0. The van der Waals surface area contributed by atoms with Gasteiger partial charge < -0.3 is 10.4 Å². The highest BCUT2D eigenvalue weighted by Crippen LogP contribution is 2.30. The van der Waals surface area contributed by atoms with Gasteiger partial charge in [-0.1, -0.05) is 0 Å². The topological polar surface area (TPSA) is 32.3 Å². The molecule has 0 amide bonds. The average Bonchev–Trinajstić information content (AvgIpc) is 2.49. The molecule has 0 spiro atoms. The van der Waals surface area contributed by atoms with Crippen LogP contribution in [0.2, 0.25) is 0 Å². The zero-order chi connectivity index (χ0) is 10.0. The van der Waals surface area contributed by atoms with E-state index in [9.17, 15) is 5.11 Å². The van der Waals surface area contributed by atoms with E-state index >= 15 is 0 Å². The van der Waals surface area contributed by atoms with Crippen molar-refractivity contribution >= 4 is 27.3 Å². The predicted octanol–water partition coefficient (Wildman–Crippen LogP) is 2.52. The first-order chi connectivity index (χ1) is 6.68. The van der Waals surface area contributed by atoms with Gasteiger partial charge in [-0.3, -0.25) is 0 Å². The Kier molecular flexibility index (Phi) is 3.27. The summed E-state index contributed by atoms with van der Waals surface area (Å²) in [5.41, 5.74) is -0.408. The molecular formula is C10H14BrNOS. The highest BCUT2D eigenvalue weighted by Gasteiger charge is 2.33. The molecular weight excluding hydrogens is 262 g/mol. The lowest BCUT2D eigenvalue weighted by molar-refractivity contribution is -0.0314. The number of nitrogens with one attached hydrogen (secondary N) is 1. The van der Waals surface area contributed by atoms with E-state index in [0.717, 1.165) is 29.7 Å². The Labute approximate surface area is 96.5 Å². The maximum atomic E-state index is 9.82. The summed E-state index contributed by atoms with van der Waals surface area (Å²) in [7, 11) is 0. The van der Waals surface area contributed by atoms with Crippen molar-refractivity contribution in [1.82, 2.24) is 5.32 Å². The van der Waals surface area contributed by atoms with Gasteiger partial charge in [0.2, 0.25) is 0 Å². The first kappa shape index (κ1) is 10.6. The molecule has 4 heteroatoms. The number of rotatable bonds is 4. The van der Waals surface area contributed by atoms with Crippen molar-refractivity contribution in [1.29, 1.82) is 0 Å². The van der Waals surface area contributed by atoms with Crippen LogP contribution < -0.4 is 5.32 Å².